The van der Waals surface area contributed by atoms with Gasteiger partial charge in [-0.15, -0.1) is 0 Å². The third kappa shape index (κ3) is 12.3. The molecule has 0 N–H and O–H groups in total. The number of hydrogen-bond acceptors (Lipinski definition) is 3. The minimum Gasteiger partial charge on any atom is -0.265 e. The van der Waals surface area contributed by atoms with Gasteiger partial charge in [0.15, 0.2) is 0 Å². The third-order valence-corrected chi connectivity index (χ3v) is 1.70. The van der Waals surface area contributed by atoms with Gasteiger partial charge in [-0.05, 0) is 36.4 Å². The quantitative estimate of drug-likeness (QED) is 0.551. The van der Waals surface area contributed by atoms with E-state index in [1.807, 2.05) is 54.6 Å². The molecular formula is C15H15IrN3+3. The Balaban J connectivity index is 0.000000249. The van der Waals surface area contributed by atoms with Gasteiger partial charge in [-0.1, -0.05) is 18.2 Å². The van der Waals surface area contributed by atoms with Crippen LogP contribution in [-0.4, -0.2) is 15.0 Å². The van der Waals surface area contributed by atoms with Crippen molar-refractivity contribution in [1.82, 2.24) is 15.0 Å². The standard InChI is InChI=1S/3C5H5N.Ir/c3*1-2-4-6-5-3-1;/h3*1-5H;/q;;;+3. The van der Waals surface area contributed by atoms with Gasteiger partial charge in [-0.25, -0.2) is 0 Å². The molecule has 0 spiro atoms. The molecule has 0 saturated carbocycles. The molecular weight excluding hydrogens is 414 g/mol. The number of hydrogen-bond donors (Lipinski definition) is 0. The van der Waals surface area contributed by atoms with Crippen LogP contribution in [0, 0.1) is 0 Å². The molecule has 0 amide bonds. The smallest absolute Gasteiger partial charge is 0.265 e. The summed E-state index contributed by atoms with van der Waals surface area (Å²) < 4.78 is 0. The fourth-order valence-corrected chi connectivity index (χ4v) is 0.938. The Kier molecular flexibility index (Phi) is 12.7. The molecule has 96 valence electrons. The Bertz CT molecular complexity index is 308. The molecule has 0 aliphatic rings. The van der Waals surface area contributed by atoms with Crippen molar-refractivity contribution in [3.8, 4) is 0 Å². The maximum Gasteiger partial charge on any atom is 3.00 e. The zero-order valence-electron chi connectivity index (χ0n) is 10.3. The Morgan fingerprint density at radius 3 is 0.579 bits per heavy atom. The van der Waals surface area contributed by atoms with Crippen LogP contribution in [0.4, 0.5) is 0 Å². The largest absolute Gasteiger partial charge is 3.00 e. The van der Waals surface area contributed by atoms with Crippen molar-refractivity contribution >= 4 is 0 Å². The normalized spacial score (nSPS) is 7.58. The van der Waals surface area contributed by atoms with E-state index < -0.39 is 0 Å². The Morgan fingerprint density at radius 2 is 0.526 bits per heavy atom. The summed E-state index contributed by atoms with van der Waals surface area (Å²) in [4.78, 5) is 11.4. The summed E-state index contributed by atoms with van der Waals surface area (Å²) in [6, 6.07) is 17.1. The van der Waals surface area contributed by atoms with Gasteiger partial charge in [0, 0.05) is 37.2 Å². The van der Waals surface area contributed by atoms with E-state index in [2.05, 4.69) is 15.0 Å². The predicted molar refractivity (Wildman–Crippen MR) is 72.7 cm³/mol. The zero-order chi connectivity index (χ0) is 12.7. The first-order chi connectivity index (χ1) is 9.00. The van der Waals surface area contributed by atoms with E-state index in [0.717, 1.165) is 0 Å². The van der Waals surface area contributed by atoms with Gasteiger partial charge in [0.2, 0.25) is 0 Å². The van der Waals surface area contributed by atoms with Crippen LogP contribution in [0.25, 0.3) is 0 Å². The molecule has 0 saturated heterocycles. The Hall–Kier alpha value is -1.90. The number of pyridine rings is 3. The molecule has 0 unspecified atom stereocenters. The molecule has 0 radical (unpaired) electrons. The number of nitrogens with zero attached hydrogens (tertiary/aromatic N) is 3. The number of rotatable bonds is 0. The predicted octanol–water partition coefficient (Wildman–Crippen LogP) is 3.24. The Labute approximate surface area is 127 Å². The first kappa shape index (κ1) is 17.1. The molecule has 0 atom stereocenters. The van der Waals surface area contributed by atoms with Crippen LogP contribution < -0.4 is 0 Å². The molecule has 19 heavy (non-hydrogen) atoms. The van der Waals surface area contributed by atoms with E-state index in [0.29, 0.717) is 0 Å². The molecule has 3 aromatic rings. The SMILES string of the molecule is [Ir+3].c1ccncc1.c1ccncc1.c1ccncc1. The van der Waals surface area contributed by atoms with E-state index in [1.165, 1.54) is 0 Å². The summed E-state index contributed by atoms with van der Waals surface area (Å²) in [5, 5.41) is 0. The molecule has 0 fully saturated rings. The summed E-state index contributed by atoms with van der Waals surface area (Å²) in [6.45, 7) is 0. The molecule has 3 aromatic heterocycles. The summed E-state index contributed by atoms with van der Waals surface area (Å²) in [6.07, 6.45) is 10.5. The van der Waals surface area contributed by atoms with E-state index in [1.54, 1.807) is 37.2 Å². The van der Waals surface area contributed by atoms with Crippen LogP contribution in [0.15, 0.2) is 91.8 Å². The maximum atomic E-state index is 3.78. The molecule has 0 bridgehead atoms. The van der Waals surface area contributed by atoms with Crippen molar-refractivity contribution in [3.05, 3.63) is 91.8 Å². The van der Waals surface area contributed by atoms with Gasteiger partial charge in [0.25, 0.3) is 0 Å². The Morgan fingerprint density at radius 1 is 0.316 bits per heavy atom. The van der Waals surface area contributed by atoms with E-state index in [4.69, 9.17) is 0 Å². The van der Waals surface area contributed by atoms with Crippen LogP contribution in [0.1, 0.15) is 0 Å². The molecule has 3 heterocycles. The summed E-state index contributed by atoms with van der Waals surface area (Å²) >= 11 is 0. The average molecular weight is 430 g/mol. The van der Waals surface area contributed by atoms with Crippen molar-refractivity contribution in [2.75, 3.05) is 0 Å². The first-order valence-electron chi connectivity index (χ1n) is 5.55. The molecule has 0 aromatic carbocycles. The zero-order valence-corrected chi connectivity index (χ0v) is 12.7. The second kappa shape index (κ2) is 14.2. The van der Waals surface area contributed by atoms with Crippen LogP contribution in [-0.2, 0) is 20.1 Å². The van der Waals surface area contributed by atoms with Gasteiger partial charge in [-0.2, -0.15) is 0 Å². The first-order valence-corrected chi connectivity index (χ1v) is 5.55. The van der Waals surface area contributed by atoms with Gasteiger partial charge in [0.1, 0.15) is 0 Å². The van der Waals surface area contributed by atoms with Crippen LogP contribution >= 0.6 is 0 Å². The van der Waals surface area contributed by atoms with Crippen molar-refractivity contribution in [3.63, 3.8) is 0 Å². The molecule has 3 rings (SSSR count). The van der Waals surface area contributed by atoms with Crippen molar-refractivity contribution in [2.45, 2.75) is 0 Å². The van der Waals surface area contributed by atoms with Crippen LogP contribution in [0.2, 0.25) is 0 Å². The summed E-state index contributed by atoms with van der Waals surface area (Å²) in [7, 11) is 0. The van der Waals surface area contributed by atoms with E-state index >= 15 is 0 Å². The van der Waals surface area contributed by atoms with Gasteiger partial charge in [-0.3, -0.25) is 15.0 Å². The van der Waals surface area contributed by atoms with Crippen LogP contribution in [0.3, 0.4) is 0 Å². The summed E-state index contributed by atoms with van der Waals surface area (Å²) in [5.74, 6) is 0. The van der Waals surface area contributed by atoms with Gasteiger partial charge < -0.3 is 0 Å². The van der Waals surface area contributed by atoms with Gasteiger partial charge >= 0.3 is 20.1 Å². The van der Waals surface area contributed by atoms with Crippen molar-refractivity contribution < 1.29 is 20.1 Å². The second-order valence-corrected chi connectivity index (χ2v) is 3.07. The third-order valence-electron chi connectivity index (χ3n) is 1.70. The molecule has 0 aliphatic carbocycles. The fourth-order valence-electron chi connectivity index (χ4n) is 0.938. The van der Waals surface area contributed by atoms with Gasteiger partial charge in [0.05, 0.1) is 0 Å². The molecule has 0 aliphatic heterocycles. The summed E-state index contributed by atoms with van der Waals surface area (Å²) in [5.41, 5.74) is 0. The fraction of sp³-hybridized carbons (Fsp3) is 0. The average Bonchev–Trinajstić information content (AvgIpc) is 2.54. The topological polar surface area (TPSA) is 38.7 Å². The number of aromatic nitrogens is 3. The maximum absolute atomic E-state index is 3.78. The van der Waals surface area contributed by atoms with E-state index in [-0.39, 0.29) is 20.1 Å². The van der Waals surface area contributed by atoms with Crippen molar-refractivity contribution in [1.29, 1.82) is 0 Å². The minimum absolute atomic E-state index is 0. The monoisotopic (exact) mass is 430 g/mol. The molecule has 3 nitrogen and oxygen atoms in total. The molecule has 4 heteroatoms. The van der Waals surface area contributed by atoms with E-state index in [9.17, 15) is 0 Å². The second-order valence-electron chi connectivity index (χ2n) is 3.07. The van der Waals surface area contributed by atoms with Crippen molar-refractivity contribution in [2.24, 2.45) is 0 Å². The minimum atomic E-state index is 0. The van der Waals surface area contributed by atoms with Crippen LogP contribution in [0.5, 0.6) is 0 Å².